The number of esters is 2. The summed E-state index contributed by atoms with van der Waals surface area (Å²) in [5.74, 6) is -3.03. The Labute approximate surface area is 164 Å². The van der Waals surface area contributed by atoms with Gasteiger partial charge in [0.05, 0.1) is 0 Å². The number of amides is 2. The first kappa shape index (κ1) is 25.5. The van der Waals surface area contributed by atoms with E-state index in [9.17, 15) is 29.4 Å². The van der Waals surface area contributed by atoms with E-state index in [1.165, 1.54) is 9.80 Å². The highest BCUT2D eigenvalue weighted by atomic mass is 16.5. The molecule has 0 aromatic heterocycles. The minimum atomic E-state index is -1.49. The van der Waals surface area contributed by atoms with Crippen molar-refractivity contribution in [3.05, 3.63) is 12.2 Å². The molecule has 0 saturated carbocycles. The van der Waals surface area contributed by atoms with Crippen LogP contribution in [-0.4, -0.2) is 95.4 Å². The predicted octanol–water partition coefficient (Wildman–Crippen LogP) is -0.912. The molecular weight excluding hydrogens is 372 g/mol. The van der Waals surface area contributed by atoms with E-state index in [1.54, 1.807) is 27.7 Å². The number of likely N-dealkylation sites (N-methyl/N-ethyl adjacent to an activating group) is 2. The van der Waals surface area contributed by atoms with Crippen molar-refractivity contribution in [3.8, 4) is 0 Å². The normalized spacial score (nSPS) is 12.9. The molecule has 28 heavy (non-hydrogen) atoms. The van der Waals surface area contributed by atoms with Gasteiger partial charge in [-0.15, -0.1) is 0 Å². The molecule has 2 N–H and O–H groups in total. The lowest BCUT2D eigenvalue weighted by Gasteiger charge is -2.21. The second-order valence-corrected chi connectivity index (χ2v) is 5.65. The second-order valence-electron chi connectivity index (χ2n) is 5.65. The van der Waals surface area contributed by atoms with Crippen molar-refractivity contribution in [2.24, 2.45) is 0 Å². The molecule has 0 saturated heterocycles. The number of aliphatic hydroxyl groups excluding tert-OH is 2. The SMILES string of the molecule is CCN(CC)C(=O)[C@@H](O)COC(=O)/C=C/C(=O)OC[C@H](O)C(=O)N(CC)CC. The molecule has 0 radical (unpaired) electrons. The van der Waals surface area contributed by atoms with Crippen molar-refractivity contribution >= 4 is 23.8 Å². The van der Waals surface area contributed by atoms with Gasteiger partial charge >= 0.3 is 11.9 Å². The van der Waals surface area contributed by atoms with Gasteiger partial charge in [0.25, 0.3) is 11.8 Å². The third kappa shape index (κ3) is 8.96. The summed E-state index contributed by atoms with van der Waals surface area (Å²) in [6.45, 7) is 7.55. The van der Waals surface area contributed by atoms with E-state index in [2.05, 4.69) is 0 Å². The first-order chi connectivity index (χ1) is 13.2. The zero-order valence-corrected chi connectivity index (χ0v) is 16.8. The average Bonchev–Trinajstić information content (AvgIpc) is 2.69. The molecule has 0 heterocycles. The molecule has 0 aliphatic carbocycles. The zero-order chi connectivity index (χ0) is 21.7. The highest BCUT2D eigenvalue weighted by Gasteiger charge is 2.22. The van der Waals surface area contributed by atoms with E-state index in [4.69, 9.17) is 9.47 Å². The van der Waals surface area contributed by atoms with Crippen LogP contribution in [0.5, 0.6) is 0 Å². The van der Waals surface area contributed by atoms with E-state index < -0.39 is 49.2 Å². The van der Waals surface area contributed by atoms with Crippen LogP contribution in [0.4, 0.5) is 0 Å². The van der Waals surface area contributed by atoms with Gasteiger partial charge in [-0.3, -0.25) is 9.59 Å². The van der Waals surface area contributed by atoms with Gasteiger partial charge in [0.1, 0.15) is 13.2 Å². The lowest BCUT2D eigenvalue weighted by atomic mass is 10.3. The van der Waals surface area contributed by atoms with Gasteiger partial charge in [-0.1, -0.05) is 0 Å². The smallest absolute Gasteiger partial charge is 0.331 e. The first-order valence-corrected chi connectivity index (χ1v) is 9.16. The number of carbonyl (C=O) groups excluding carboxylic acids is 4. The lowest BCUT2D eigenvalue weighted by Crippen LogP contribution is -2.41. The summed E-state index contributed by atoms with van der Waals surface area (Å²) in [7, 11) is 0. The number of rotatable bonds is 12. The van der Waals surface area contributed by atoms with Crippen molar-refractivity contribution in [2.45, 2.75) is 39.9 Å². The quantitative estimate of drug-likeness (QED) is 0.316. The Hall–Kier alpha value is -2.46. The molecule has 2 atom stereocenters. The molecule has 0 aliphatic heterocycles. The second kappa shape index (κ2) is 13.7. The fourth-order valence-electron chi connectivity index (χ4n) is 2.19. The summed E-state index contributed by atoms with van der Waals surface area (Å²) in [6.07, 6.45) is -1.47. The van der Waals surface area contributed by atoms with Crippen LogP contribution in [0.2, 0.25) is 0 Å². The molecule has 0 aromatic carbocycles. The monoisotopic (exact) mass is 402 g/mol. The van der Waals surface area contributed by atoms with Crippen LogP contribution in [0.15, 0.2) is 12.2 Å². The summed E-state index contributed by atoms with van der Waals surface area (Å²) < 4.78 is 9.40. The topological polar surface area (TPSA) is 134 Å². The summed E-state index contributed by atoms with van der Waals surface area (Å²) in [5, 5.41) is 19.4. The maximum absolute atomic E-state index is 11.8. The molecule has 10 heteroatoms. The van der Waals surface area contributed by atoms with E-state index >= 15 is 0 Å². The van der Waals surface area contributed by atoms with Crippen molar-refractivity contribution in [2.75, 3.05) is 39.4 Å². The molecule has 0 bridgehead atoms. The van der Waals surface area contributed by atoms with Crippen molar-refractivity contribution in [1.29, 1.82) is 0 Å². The zero-order valence-electron chi connectivity index (χ0n) is 16.8. The highest BCUT2D eigenvalue weighted by Crippen LogP contribution is 1.99. The third-order valence-electron chi connectivity index (χ3n) is 3.84. The van der Waals surface area contributed by atoms with Gasteiger partial charge in [0.2, 0.25) is 0 Å². The minimum absolute atomic E-state index is 0.411. The Balaban J connectivity index is 4.35. The standard InChI is InChI=1S/C18H30N2O8/c1-5-19(6-2)17(25)13(21)11-27-15(23)9-10-16(24)28-12-14(22)18(26)20(7-3)8-4/h9-10,13-14,21-22H,5-8,11-12H2,1-4H3/b10-9+/t13-,14-/m0/s1. The Kier molecular flexibility index (Phi) is 12.5. The molecular formula is C18H30N2O8. The maximum Gasteiger partial charge on any atom is 0.331 e. The predicted molar refractivity (Wildman–Crippen MR) is 98.9 cm³/mol. The Morgan fingerprint density at radius 3 is 1.25 bits per heavy atom. The molecule has 2 amide bonds. The number of nitrogens with zero attached hydrogens (tertiary/aromatic N) is 2. The number of aliphatic hydroxyl groups is 2. The van der Waals surface area contributed by atoms with Crippen LogP contribution in [0.3, 0.4) is 0 Å². The first-order valence-electron chi connectivity index (χ1n) is 9.16. The number of hydrogen-bond donors (Lipinski definition) is 2. The molecule has 0 aliphatic rings. The van der Waals surface area contributed by atoms with Gasteiger partial charge in [0, 0.05) is 38.3 Å². The summed E-state index contributed by atoms with van der Waals surface area (Å²) in [6, 6.07) is 0. The molecule has 0 aromatic rings. The largest absolute Gasteiger partial charge is 0.459 e. The van der Waals surface area contributed by atoms with Crippen LogP contribution in [0.1, 0.15) is 27.7 Å². The van der Waals surface area contributed by atoms with Gasteiger partial charge in [-0.2, -0.15) is 0 Å². The molecule has 0 fully saturated rings. The lowest BCUT2D eigenvalue weighted by molar-refractivity contribution is -0.151. The van der Waals surface area contributed by atoms with Crippen molar-refractivity contribution < 1.29 is 38.9 Å². The van der Waals surface area contributed by atoms with Crippen molar-refractivity contribution in [1.82, 2.24) is 9.80 Å². The number of ether oxygens (including phenoxy) is 2. The average molecular weight is 402 g/mol. The van der Waals surface area contributed by atoms with E-state index in [0.29, 0.717) is 26.2 Å². The van der Waals surface area contributed by atoms with Crippen LogP contribution < -0.4 is 0 Å². The van der Waals surface area contributed by atoms with Crippen LogP contribution in [0.25, 0.3) is 0 Å². The van der Waals surface area contributed by atoms with E-state index in [0.717, 1.165) is 12.2 Å². The minimum Gasteiger partial charge on any atom is -0.459 e. The Morgan fingerprint density at radius 2 is 1.00 bits per heavy atom. The van der Waals surface area contributed by atoms with E-state index in [-0.39, 0.29) is 0 Å². The number of hydrogen-bond acceptors (Lipinski definition) is 8. The summed E-state index contributed by atoms with van der Waals surface area (Å²) in [5.41, 5.74) is 0. The van der Waals surface area contributed by atoms with Crippen LogP contribution in [-0.2, 0) is 28.7 Å². The van der Waals surface area contributed by atoms with Gasteiger partial charge in [0.15, 0.2) is 12.2 Å². The molecule has 10 nitrogen and oxygen atoms in total. The van der Waals surface area contributed by atoms with Gasteiger partial charge < -0.3 is 29.5 Å². The Bertz CT molecular complexity index is 508. The highest BCUT2D eigenvalue weighted by molar-refractivity contribution is 5.92. The van der Waals surface area contributed by atoms with E-state index in [1.807, 2.05) is 0 Å². The molecule has 0 spiro atoms. The molecule has 160 valence electrons. The summed E-state index contributed by atoms with van der Waals surface area (Å²) >= 11 is 0. The van der Waals surface area contributed by atoms with Gasteiger partial charge in [-0.05, 0) is 27.7 Å². The fourth-order valence-corrected chi connectivity index (χ4v) is 2.19. The van der Waals surface area contributed by atoms with Crippen molar-refractivity contribution in [3.63, 3.8) is 0 Å². The third-order valence-corrected chi connectivity index (χ3v) is 3.84. The molecule has 0 unspecified atom stereocenters. The molecule has 0 rings (SSSR count). The fraction of sp³-hybridized carbons (Fsp3) is 0.667. The maximum atomic E-state index is 11.8. The van der Waals surface area contributed by atoms with Crippen LogP contribution >= 0.6 is 0 Å². The Morgan fingerprint density at radius 1 is 0.714 bits per heavy atom. The van der Waals surface area contributed by atoms with Crippen LogP contribution in [0, 0.1) is 0 Å². The summed E-state index contributed by atoms with van der Waals surface area (Å²) in [4.78, 5) is 49.5. The van der Waals surface area contributed by atoms with Gasteiger partial charge in [-0.25, -0.2) is 9.59 Å². The number of carbonyl (C=O) groups is 4.